The molecule has 0 atom stereocenters. The van der Waals surface area contributed by atoms with Crippen LogP contribution in [0.3, 0.4) is 0 Å². The highest BCUT2D eigenvalue weighted by Gasteiger charge is 2.23. The van der Waals surface area contributed by atoms with E-state index in [1.807, 2.05) is 0 Å². The minimum atomic E-state index is -0.611. The fourth-order valence-corrected chi connectivity index (χ4v) is 2.28. The van der Waals surface area contributed by atoms with Gasteiger partial charge >= 0.3 is 0 Å². The van der Waals surface area contributed by atoms with Crippen molar-refractivity contribution in [1.29, 1.82) is 0 Å². The number of halogens is 3. The third kappa shape index (κ3) is 2.30. The predicted molar refractivity (Wildman–Crippen MR) is 65.4 cm³/mol. The molecule has 0 radical (unpaired) electrons. The van der Waals surface area contributed by atoms with Crippen LogP contribution in [0.25, 0.3) is 0 Å². The summed E-state index contributed by atoms with van der Waals surface area (Å²) in [4.78, 5) is 11.8. The van der Waals surface area contributed by atoms with Crippen LogP contribution < -0.4 is 0 Å². The molecule has 1 aromatic rings. The molecule has 86 valence electrons. The SMILES string of the molecule is O=C(CC1CCC1)c1ccc(Br)c(Cl)c1F. The van der Waals surface area contributed by atoms with Crippen molar-refractivity contribution in [2.45, 2.75) is 25.7 Å². The summed E-state index contributed by atoms with van der Waals surface area (Å²) in [6, 6.07) is 3.10. The van der Waals surface area contributed by atoms with Crippen LogP contribution in [0.5, 0.6) is 0 Å². The molecule has 0 aromatic heterocycles. The third-order valence-electron chi connectivity index (χ3n) is 3.03. The number of Topliss-reactive ketones (excluding diaryl/α,β-unsaturated/α-hetero) is 1. The second kappa shape index (κ2) is 4.84. The van der Waals surface area contributed by atoms with Gasteiger partial charge in [-0.05, 0) is 34.0 Å². The second-order valence-electron chi connectivity index (χ2n) is 4.15. The van der Waals surface area contributed by atoms with Gasteiger partial charge in [-0.25, -0.2) is 4.39 Å². The van der Waals surface area contributed by atoms with E-state index in [2.05, 4.69) is 15.9 Å². The van der Waals surface area contributed by atoms with Gasteiger partial charge < -0.3 is 0 Å². The Morgan fingerprint density at radius 2 is 2.19 bits per heavy atom. The molecule has 1 saturated carbocycles. The van der Waals surface area contributed by atoms with E-state index in [1.165, 1.54) is 12.5 Å². The molecule has 0 unspecified atom stereocenters. The fourth-order valence-electron chi connectivity index (χ4n) is 1.81. The van der Waals surface area contributed by atoms with Crippen LogP contribution in [0.4, 0.5) is 4.39 Å². The molecule has 1 nitrogen and oxygen atoms in total. The van der Waals surface area contributed by atoms with Gasteiger partial charge in [0.25, 0.3) is 0 Å². The number of hydrogen-bond acceptors (Lipinski definition) is 1. The van der Waals surface area contributed by atoms with E-state index in [0.29, 0.717) is 16.8 Å². The van der Waals surface area contributed by atoms with Crippen LogP contribution in [0, 0.1) is 11.7 Å². The van der Waals surface area contributed by atoms with E-state index in [-0.39, 0.29) is 16.4 Å². The lowest BCUT2D eigenvalue weighted by atomic mass is 9.81. The summed E-state index contributed by atoms with van der Waals surface area (Å²) in [6.07, 6.45) is 3.78. The van der Waals surface area contributed by atoms with E-state index in [4.69, 9.17) is 11.6 Å². The maximum absolute atomic E-state index is 13.7. The zero-order chi connectivity index (χ0) is 11.7. The van der Waals surface area contributed by atoms with E-state index < -0.39 is 5.82 Å². The maximum Gasteiger partial charge on any atom is 0.166 e. The molecule has 2 rings (SSSR count). The van der Waals surface area contributed by atoms with Gasteiger partial charge in [0, 0.05) is 10.9 Å². The number of rotatable bonds is 3. The van der Waals surface area contributed by atoms with Crippen molar-refractivity contribution >= 4 is 33.3 Å². The summed E-state index contributed by atoms with van der Waals surface area (Å²) in [7, 11) is 0. The summed E-state index contributed by atoms with van der Waals surface area (Å²) in [5, 5.41) is -0.0144. The van der Waals surface area contributed by atoms with Gasteiger partial charge in [-0.15, -0.1) is 0 Å². The standard InChI is InChI=1S/C12H11BrClFO/c13-9-5-4-8(12(15)11(9)14)10(16)6-7-2-1-3-7/h4-5,7H,1-3,6H2. The van der Waals surface area contributed by atoms with Crippen LogP contribution in [-0.4, -0.2) is 5.78 Å². The van der Waals surface area contributed by atoms with Gasteiger partial charge in [0.15, 0.2) is 11.6 Å². The van der Waals surface area contributed by atoms with E-state index in [0.717, 1.165) is 12.8 Å². The monoisotopic (exact) mass is 304 g/mol. The summed E-state index contributed by atoms with van der Waals surface area (Å²) in [5.41, 5.74) is 0.111. The van der Waals surface area contributed by atoms with Crippen molar-refractivity contribution in [3.63, 3.8) is 0 Å². The van der Waals surface area contributed by atoms with Gasteiger partial charge in [0.1, 0.15) is 0 Å². The Hall–Kier alpha value is -0.410. The summed E-state index contributed by atoms with van der Waals surface area (Å²) in [5.74, 6) is -0.314. The molecule has 1 aliphatic rings. The zero-order valence-electron chi connectivity index (χ0n) is 8.60. The topological polar surface area (TPSA) is 17.1 Å². The number of ketones is 1. The molecular weight excluding hydrogens is 294 g/mol. The van der Waals surface area contributed by atoms with Crippen LogP contribution in [0.15, 0.2) is 16.6 Å². The van der Waals surface area contributed by atoms with Crippen molar-refractivity contribution in [3.8, 4) is 0 Å². The van der Waals surface area contributed by atoms with Crippen molar-refractivity contribution < 1.29 is 9.18 Å². The van der Waals surface area contributed by atoms with Gasteiger partial charge in [0.2, 0.25) is 0 Å². The molecule has 0 bridgehead atoms. The first-order valence-corrected chi connectivity index (χ1v) is 6.43. The van der Waals surface area contributed by atoms with E-state index in [1.54, 1.807) is 6.07 Å². The highest BCUT2D eigenvalue weighted by atomic mass is 79.9. The Bertz CT molecular complexity index is 429. The molecule has 4 heteroatoms. The Balaban J connectivity index is 2.19. The van der Waals surface area contributed by atoms with Crippen molar-refractivity contribution in [2.24, 2.45) is 5.92 Å². The minimum Gasteiger partial charge on any atom is -0.294 e. The Labute approximate surface area is 107 Å². The maximum atomic E-state index is 13.7. The molecule has 0 aliphatic heterocycles. The van der Waals surface area contributed by atoms with E-state index in [9.17, 15) is 9.18 Å². The smallest absolute Gasteiger partial charge is 0.166 e. The number of hydrogen-bond donors (Lipinski definition) is 0. The summed E-state index contributed by atoms with van der Waals surface area (Å²) in [6.45, 7) is 0. The molecule has 0 amide bonds. The molecule has 1 fully saturated rings. The summed E-state index contributed by atoms with van der Waals surface area (Å²) >= 11 is 8.86. The van der Waals surface area contributed by atoms with Gasteiger partial charge in [-0.1, -0.05) is 30.9 Å². The Morgan fingerprint density at radius 1 is 1.50 bits per heavy atom. The second-order valence-corrected chi connectivity index (χ2v) is 5.38. The van der Waals surface area contributed by atoms with Gasteiger partial charge in [-0.3, -0.25) is 4.79 Å². The van der Waals surface area contributed by atoms with Crippen molar-refractivity contribution in [1.82, 2.24) is 0 Å². The molecule has 16 heavy (non-hydrogen) atoms. The number of carbonyl (C=O) groups excluding carboxylic acids is 1. The Kier molecular flexibility index (Phi) is 3.65. The molecule has 0 N–H and O–H groups in total. The zero-order valence-corrected chi connectivity index (χ0v) is 10.9. The molecule has 0 saturated heterocycles. The molecule has 1 aromatic carbocycles. The normalized spacial score (nSPS) is 15.9. The minimum absolute atomic E-state index is 0.0144. The average Bonchev–Trinajstić information content (AvgIpc) is 2.20. The van der Waals surface area contributed by atoms with Crippen molar-refractivity contribution in [3.05, 3.63) is 33.0 Å². The average molecular weight is 306 g/mol. The molecule has 1 aliphatic carbocycles. The van der Waals surface area contributed by atoms with Gasteiger partial charge in [0.05, 0.1) is 10.6 Å². The van der Waals surface area contributed by atoms with Gasteiger partial charge in [-0.2, -0.15) is 0 Å². The highest BCUT2D eigenvalue weighted by Crippen LogP contribution is 2.33. The van der Waals surface area contributed by atoms with Crippen LogP contribution in [0.1, 0.15) is 36.0 Å². The lowest BCUT2D eigenvalue weighted by Crippen LogP contribution is -2.16. The molecule has 0 heterocycles. The first-order valence-electron chi connectivity index (χ1n) is 5.26. The third-order valence-corrected chi connectivity index (χ3v) is 4.29. The van der Waals surface area contributed by atoms with Crippen LogP contribution in [-0.2, 0) is 0 Å². The van der Waals surface area contributed by atoms with Crippen molar-refractivity contribution in [2.75, 3.05) is 0 Å². The lowest BCUT2D eigenvalue weighted by molar-refractivity contribution is 0.0932. The van der Waals surface area contributed by atoms with Crippen LogP contribution in [0.2, 0.25) is 5.02 Å². The fraction of sp³-hybridized carbons (Fsp3) is 0.417. The predicted octanol–water partition coefficient (Wildman–Crippen LogP) is 4.61. The molecular formula is C12H11BrClFO. The van der Waals surface area contributed by atoms with Crippen LogP contribution >= 0.6 is 27.5 Å². The first kappa shape index (κ1) is 12.1. The highest BCUT2D eigenvalue weighted by molar-refractivity contribution is 9.10. The number of benzene rings is 1. The number of carbonyl (C=O) groups is 1. The first-order chi connectivity index (χ1) is 7.59. The van der Waals surface area contributed by atoms with E-state index >= 15 is 0 Å². The quantitative estimate of drug-likeness (QED) is 0.588. The summed E-state index contributed by atoms with van der Waals surface area (Å²) < 4.78 is 14.2. The lowest BCUT2D eigenvalue weighted by Gasteiger charge is -2.24. The largest absolute Gasteiger partial charge is 0.294 e. The Morgan fingerprint density at radius 3 is 2.75 bits per heavy atom. The molecule has 0 spiro atoms.